The van der Waals surface area contributed by atoms with E-state index in [1.807, 2.05) is 25.1 Å². The molecule has 45 heavy (non-hydrogen) atoms. The van der Waals surface area contributed by atoms with Crippen molar-refractivity contribution in [3.05, 3.63) is 76.8 Å². The van der Waals surface area contributed by atoms with E-state index in [1.165, 1.54) is 11.0 Å². The highest BCUT2D eigenvalue weighted by Crippen LogP contribution is 2.25. The molecule has 0 aliphatic carbocycles. The molecule has 2 fully saturated rings. The lowest BCUT2D eigenvalue weighted by Crippen LogP contribution is -2.49. The Balaban J connectivity index is 1.49. The van der Waals surface area contributed by atoms with Gasteiger partial charge in [-0.1, -0.05) is 12.1 Å². The van der Waals surface area contributed by atoms with Crippen molar-refractivity contribution in [1.82, 2.24) is 20.0 Å². The largest absolute Gasteiger partial charge is 0.461 e. The van der Waals surface area contributed by atoms with Gasteiger partial charge in [-0.25, -0.2) is 0 Å². The van der Waals surface area contributed by atoms with Crippen molar-refractivity contribution in [2.75, 3.05) is 45.6 Å². The molecule has 5 rings (SSSR count). The number of fused-ring (bicyclic) bond motifs is 1. The molecule has 1 atom stereocenters. The number of benzene rings is 2. The molecule has 2 aliphatic rings. The minimum absolute atomic E-state index is 0.00324. The lowest BCUT2D eigenvalue weighted by molar-refractivity contribution is -0.140. The SMILES string of the molecule is Cc1cc2cc(N/C(N[C@H]3CCCCN(CC(=O)N4CCCC4)C3=O)=C(\C#N)C(=O)c3cccc(C(=O)N(C)C)c3)ccc2o1. The predicted molar refractivity (Wildman–Crippen MR) is 169 cm³/mol. The summed E-state index contributed by atoms with van der Waals surface area (Å²) in [6, 6.07) is 14.7. The topological polar surface area (TPSA) is 139 Å². The number of likely N-dealkylation sites (tertiary alicyclic amines) is 2. The number of nitrogens with one attached hydrogen (secondary N) is 2. The maximum absolute atomic E-state index is 13.9. The number of nitriles is 1. The zero-order valence-corrected chi connectivity index (χ0v) is 25.9. The summed E-state index contributed by atoms with van der Waals surface area (Å²) in [5, 5.41) is 17.6. The Labute approximate surface area is 262 Å². The zero-order chi connectivity index (χ0) is 32.1. The fourth-order valence-corrected chi connectivity index (χ4v) is 5.79. The fraction of sp³-hybridized carbons (Fsp3) is 0.382. The van der Waals surface area contributed by atoms with Crippen LogP contribution in [0.25, 0.3) is 11.0 Å². The Morgan fingerprint density at radius 1 is 1.00 bits per heavy atom. The maximum Gasteiger partial charge on any atom is 0.253 e. The summed E-state index contributed by atoms with van der Waals surface area (Å²) in [5.41, 5.74) is 1.48. The second-order valence-electron chi connectivity index (χ2n) is 11.7. The van der Waals surface area contributed by atoms with Crippen LogP contribution in [0.2, 0.25) is 0 Å². The second kappa shape index (κ2) is 13.7. The van der Waals surface area contributed by atoms with Gasteiger partial charge in [0.25, 0.3) is 5.91 Å². The van der Waals surface area contributed by atoms with Gasteiger partial charge in [-0.3, -0.25) is 19.2 Å². The number of anilines is 1. The summed E-state index contributed by atoms with van der Waals surface area (Å²) in [4.78, 5) is 58.0. The number of furan rings is 1. The average molecular weight is 611 g/mol. The molecule has 2 aromatic carbocycles. The third-order valence-corrected chi connectivity index (χ3v) is 8.16. The zero-order valence-electron chi connectivity index (χ0n) is 25.9. The van der Waals surface area contributed by atoms with Crippen LogP contribution in [0.15, 0.2) is 64.3 Å². The summed E-state index contributed by atoms with van der Waals surface area (Å²) in [5.74, 6) is -0.410. The van der Waals surface area contributed by atoms with Gasteiger partial charge in [0, 0.05) is 55.9 Å². The second-order valence-corrected chi connectivity index (χ2v) is 11.7. The number of aryl methyl sites for hydroxylation is 1. The predicted octanol–water partition coefficient (Wildman–Crippen LogP) is 4.07. The van der Waals surface area contributed by atoms with Crippen molar-refractivity contribution in [3.8, 4) is 6.07 Å². The fourth-order valence-electron chi connectivity index (χ4n) is 5.79. The van der Waals surface area contributed by atoms with Crippen LogP contribution in [0.1, 0.15) is 58.6 Å². The van der Waals surface area contributed by atoms with Crippen molar-refractivity contribution in [2.45, 2.75) is 45.1 Å². The van der Waals surface area contributed by atoms with Gasteiger partial charge >= 0.3 is 0 Å². The molecule has 3 amide bonds. The standard InChI is InChI=1S/C34H38N6O5/c1-22-17-25-19-26(12-13-29(25)45-22)36-32(27(20-35)31(42)23-9-8-10-24(18-23)33(43)38(2)3)37-28-11-4-5-16-40(34(28)44)21-30(41)39-14-6-7-15-39/h8-10,12-13,17-19,28,36-37H,4-7,11,14-16,21H2,1-3H3/b32-27-/t28-/m0/s1. The van der Waals surface area contributed by atoms with Crippen LogP contribution >= 0.6 is 0 Å². The van der Waals surface area contributed by atoms with Crippen molar-refractivity contribution >= 4 is 40.2 Å². The van der Waals surface area contributed by atoms with E-state index < -0.39 is 11.8 Å². The lowest BCUT2D eigenvalue weighted by atomic mass is 10.0. The molecule has 11 nitrogen and oxygen atoms in total. The molecule has 2 N–H and O–H groups in total. The molecule has 2 saturated heterocycles. The minimum Gasteiger partial charge on any atom is -0.461 e. The molecule has 3 heterocycles. The number of carbonyl (C=O) groups is 4. The van der Waals surface area contributed by atoms with Crippen LogP contribution in [-0.4, -0.2) is 84.5 Å². The van der Waals surface area contributed by atoms with Crippen LogP contribution in [0, 0.1) is 18.3 Å². The molecule has 0 saturated carbocycles. The highest BCUT2D eigenvalue weighted by atomic mass is 16.3. The van der Waals surface area contributed by atoms with E-state index >= 15 is 0 Å². The van der Waals surface area contributed by atoms with E-state index in [2.05, 4.69) is 10.6 Å². The maximum atomic E-state index is 13.9. The smallest absolute Gasteiger partial charge is 0.253 e. The van der Waals surface area contributed by atoms with Crippen molar-refractivity contribution in [3.63, 3.8) is 0 Å². The monoisotopic (exact) mass is 610 g/mol. The molecular weight excluding hydrogens is 572 g/mol. The van der Waals surface area contributed by atoms with E-state index in [-0.39, 0.29) is 41.2 Å². The van der Waals surface area contributed by atoms with E-state index in [1.54, 1.807) is 54.2 Å². The van der Waals surface area contributed by atoms with Gasteiger partial charge in [-0.15, -0.1) is 0 Å². The van der Waals surface area contributed by atoms with Gasteiger partial charge in [0.05, 0.1) is 6.54 Å². The Morgan fingerprint density at radius 2 is 1.73 bits per heavy atom. The van der Waals surface area contributed by atoms with Gasteiger partial charge in [0.15, 0.2) is 0 Å². The summed E-state index contributed by atoms with van der Waals surface area (Å²) >= 11 is 0. The van der Waals surface area contributed by atoms with Crippen molar-refractivity contribution < 1.29 is 23.6 Å². The van der Waals surface area contributed by atoms with Gasteiger partial charge in [0.1, 0.15) is 34.8 Å². The normalized spacial score (nSPS) is 17.4. The molecule has 0 bridgehead atoms. The first-order chi connectivity index (χ1) is 21.6. The Hall–Kier alpha value is -5.11. The Bertz CT molecular complexity index is 1690. The number of Topliss-reactive ketones (excluding diaryl/α,β-unsaturated/α-hetero) is 1. The summed E-state index contributed by atoms with van der Waals surface area (Å²) in [6.45, 7) is 3.70. The third-order valence-electron chi connectivity index (χ3n) is 8.16. The molecular formula is C34H38N6O5. The van der Waals surface area contributed by atoms with Crippen LogP contribution in [-0.2, 0) is 9.59 Å². The van der Waals surface area contributed by atoms with Gasteiger partial charge in [-0.05, 0) is 75.4 Å². The molecule has 11 heteroatoms. The molecule has 0 unspecified atom stereocenters. The minimum atomic E-state index is -0.779. The molecule has 0 spiro atoms. The van der Waals surface area contributed by atoms with Gasteiger partial charge in [-0.2, -0.15) is 5.26 Å². The van der Waals surface area contributed by atoms with Gasteiger partial charge < -0.3 is 29.8 Å². The van der Waals surface area contributed by atoms with E-state index in [9.17, 15) is 24.4 Å². The Kier molecular flexibility index (Phi) is 9.52. The first-order valence-corrected chi connectivity index (χ1v) is 15.3. The third kappa shape index (κ3) is 7.17. The summed E-state index contributed by atoms with van der Waals surface area (Å²) in [6.07, 6.45) is 3.83. The quantitative estimate of drug-likeness (QED) is 0.210. The molecule has 3 aromatic rings. The number of carbonyl (C=O) groups excluding carboxylic acids is 4. The van der Waals surface area contributed by atoms with Crippen molar-refractivity contribution in [1.29, 1.82) is 5.26 Å². The Morgan fingerprint density at radius 3 is 2.47 bits per heavy atom. The first kappa shape index (κ1) is 31.3. The van der Waals surface area contributed by atoms with Crippen LogP contribution in [0.4, 0.5) is 5.69 Å². The van der Waals surface area contributed by atoms with Crippen LogP contribution < -0.4 is 10.6 Å². The van der Waals surface area contributed by atoms with E-state index in [0.29, 0.717) is 42.9 Å². The molecule has 2 aliphatic heterocycles. The number of rotatable bonds is 9. The highest BCUT2D eigenvalue weighted by Gasteiger charge is 2.32. The molecule has 0 radical (unpaired) electrons. The van der Waals surface area contributed by atoms with Crippen molar-refractivity contribution in [2.24, 2.45) is 0 Å². The van der Waals surface area contributed by atoms with E-state index in [4.69, 9.17) is 4.42 Å². The molecule has 234 valence electrons. The van der Waals surface area contributed by atoms with E-state index in [0.717, 1.165) is 36.8 Å². The number of nitrogens with zero attached hydrogens (tertiary/aromatic N) is 4. The first-order valence-electron chi connectivity index (χ1n) is 15.3. The van der Waals surface area contributed by atoms with Crippen LogP contribution in [0.3, 0.4) is 0 Å². The number of hydrogen-bond acceptors (Lipinski definition) is 8. The summed E-state index contributed by atoms with van der Waals surface area (Å²) in [7, 11) is 3.24. The highest BCUT2D eigenvalue weighted by molar-refractivity contribution is 6.13. The van der Waals surface area contributed by atoms with Gasteiger partial charge in [0.2, 0.25) is 17.6 Å². The number of ketones is 1. The number of allylic oxidation sites excluding steroid dienone is 1. The average Bonchev–Trinajstić information content (AvgIpc) is 3.67. The number of hydrogen-bond donors (Lipinski definition) is 2. The number of amides is 3. The van der Waals surface area contributed by atoms with Crippen LogP contribution in [0.5, 0.6) is 0 Å². The molecule has 1 aromatic heterocycles. The lowest BCUT2D eigenvalue weighted by Gasteiger charge is -2.28. The summed E-state index contributed by atoms with van der Waals surface area (Å²) < 4.78 is 5.70.